The van der Waals surface area contributed by atoms with Gasteiger partial charge in [-0.05, 0) is 20.8 Å². The van der Waals surface area contributed by atoms with Crippen LogP contribution in [0.2, 0.25) is 0 Å². The second-order valence-electron chi connectivity index (χ2n) is 4.76. The van der Waals surface area contributed by atoms with Crippen LogP contribution in [0.25, 0.3) is 11.5 Å². The van der Waals surface area contributed by atoms with Crippen molar-refractivity contribution in [3.8, 4) is 11.5 Å². The number of carbonyl (C=O) groups is 1. The molecule has 2 N–H and O–H groups in total. The predicted molar refractivity (Wildman–Crippen MR) is 63.8 cm³/mol. The third-order valence-electron chi connectivity index (χ3n) is 1.97. The van der Waals surface area contributed by atoms with Gasteiger partial charge in [0, 0.05) is 12.3 Å². The van der Waals surface area contributed by atoms with Crippen molar-refractivity contribution in [2.75, 3.05) is 5.73 Å². The van der Waals surface area contributed by atoms with E-state index in [1.54, 1.807) is 20.8 Å². The van der Waals surface area contributed by atoms with Gasteiger partial charge in [-0.15, -0.1) is 0 Å². The van der Waals surface area contributed by atoms with Gasteiger partial charge in [0.15, 0.2) is 11.6 Å². The van der Waals surface area contributed by atoms with Crippen molar-refractivity contribution in [3.63, 3.8) is 0 Å². The van der Waals surface area contributed by atoms with E-state index in [0.29, 0.717) is 11.5 Å². The fourth-order valence-electron chi connectivity index (χ4n) is 1.27. The highest BCUT2D eigenvalue weighted by atomic mass is 16.6. The summed E-state index contributed by atoms with van der Waals surface area (Å²) in [5.74, 6) is 0.659. The normalized spacial score (nSPS) is 11.5. The van der Waals surface area contributed by atoms with Gasteiger partial charge in [0.1, 0.15) is 17.6 Å². The van der Waals surface area contributed by atoms with Crippen LogP contribution in [0.3, 0.4) is 0 Å². The number of hydrogen-bond acceptors (Lipinski definition) is 6. The summed E-state index contributed by atoms with van der Waals surface area (Å²) in [5.41, 5.74) is 5.34. The molecule has 0 atom stereocenters. The summed E-state index contributed by atoms with van der Waals surface area (Å²) in [4.78, 5) is 15.8. The summed E-state index contributed by atoms with van der Waals surface area (Å²) < 4.78 is 11.4. The summed E-state index contributed by atoms with van der Waals surface area (Å²) in [6.07, 6.45) is 2.34. The van der Waals surface area contributed by atoms with Crippen LogP contribution in [0.15, 0.2) is 23.1 Å². The van der Waals surface area contributed by atoms with E-state index in [1.807, 2.05) is 0 Å². The number of carbonyl (C=O) groups excluding carboxylic acids is 1. The molecule has 0 bridgehead atoms. The van der Waals surface area contributed by atoms with Crippen molar-refractivity contribution in [2.45, 2.75) is 26.4 Å². The van der Waals surface area contributed by atoms with E-state index in [0.717, 1.165) is 0 Å². The molecule has 96 valence electrons. The molecule has 0 aliphatic carbocycles. The van der Waals surface area contributed by atoms with E-state index in [-0.39, 0.29) is 5.82 Å². The number of nitrogens with two attached hydrogens (primary N) is 1. The zero-order valence-corrected chi connectivity index (χ0v) is 10.4. The smallest absolute Gasteiger partial charge is 0.419 e. The average Bonchev–Trinajstić information content (AvgIpc) is 2.82. The van der Waals surface area contributed by atoms with E-state index in [1.165, 1.54) is 23.2 Å². The minimum atomic E-state index is -0.557. The molecule has 0 amide bonds. The van der Waals surface area contributed by atoms with Gasteiger partial charge in [0.2, 0.25) is 0 Å². The number of nitrogen functional groups attached to an aromatic ring is 1. The van der Waals surface area contributed by atoms with Gasteiger partial charge in [-0.3, -0.25) is 0 Å². The molecule has 2 aromatic heterocycles. The minimum absolute atomic E-state index is 0.261. The maximum atomic E-state index is 11.7. The Bertz CT molecular complexity index is 565. The molecular weight excluding hydrogens is 236 g/mol. The molecule has 7 nitrogen and oxygen atoms in total. The lowest BCUT2D eigenvalue weighted by Gasteiger charge is -2.18. The molecule has 0 aliphatic heterocycles. The van der Waals surface area contributed by atoms with E-state index in [4.69, 9.17) is 15.0 Å². The first-order valence-electron chi connectivity index (χ1n) is 5.35. The van der Waals surface area contributed by atoms with Crippen molar-refractivity contribution in [1.82, 2.24) is 14.7 Å². The minimum Gasteiger partial charge on any atom is -0.443 e. The number of aromatic nitrogens is 3. The van der Waals surface area contributed by atoms with Crippen LogP contribution in [0.1, 0.15) is 20.8 Å². The first kappa shape index (κ1) is 12.2. The number of rotatable bonds is 1. The van der Waals surface area contributed by atoms with E-state index in [2.05, 4.69) is 10.1 Å². The summed E-state index contributed by atoms with van der Waals surface area (Å²) >= 11 is 0. The number of ether oxygens (including phenoxy) is 1. The lowest BCUT2D eigenvalue weighted by molar-refractivity contribution is 0.0536. The van der Waals surface area contributed by atoms with Crippen molar-refractivity contribution < 1.29 is 14.1 Å². The third kappa shape index (κ3) is 2.68. The van der Waals surface area contributed by atoms with Crippen molar-refractivity contribution in [1.29, 1.82) is 0 Å². The molecule has 0 saturated carbocycles. The monoisotopic (exact) mass is 250 g/mol. The Morgan fingerprint density at radius 3 is 2.78 bits per heavy atom. The zero-order valence-electron chi connectivity index (χ0n) is 10.4. The third-order valence-corrected chi connectivity index (χ3v) is 1.97. The highest BCUT2D eigenvalue weighted by Crippen LogP contribution is 2.19. The van der Waals surface area contributed by atoms with Gasteiger partial charge < -0.3 is 15.0 Å². The van der Waals surface area contributed by atoms with Crippen molar-refractivity contribution in [3.05, 3.63) is 18.6 Å². The second-order valence-corrected chi connectivity index (χ2v) is 4.76. The molecular formula is C11H14N4O3. The fraction of sp³-hybridized carbons (Fsp3) is 0.364. The maximum absolute atomic E-state index is 11.7. The number of hydrogen-bond donors (Lipinski definition) is 1. The molecule has 0 spiro atoms. The molecule has 0 aliphatic rings. The van der Waals surface area contributed by atoms with Gasteiger partial charge in [-0.25, -0.2) is 14.3 Å². The van der Waals surface area contributed by atoms with E-state index >= 15 is 0 Å². The van der Waals surface area contributed by atoms with Crippen LogP contribution in [0.5, 0.6) is 0 Å². The summed E-state index contributed by atoms with van der Waals surface area (Å²) in [6.45, 7) is 5.37. The van der Waals surface area contributed by atoms with Crippen molar-refractivity contribution >= 4 is 11.9 Å². The Morgan fingerprint density at radius 1 is 1.50 bits per heavy atom. The van der Waals surface area contributed by atoms with Gasteiger partial charge in [-0.1, -0.05) is 5.16 Å². The number of nitrogens with zero attached hydrogens (tertiary/aromatic N) is 3. The van der Waals surface area contributed by atoms with Crippen LogP contribution >= 0.6 is 0 Å². The van der Waals surface area contributed by atoms with E-state index < -0.39 is 11.7 Å². The van der Waals surface area contributed by atoms with Gasteiger partial charge >= 0.3 is 6.09 Å². The molecule has 0 fully saturated rings. The standard InChI is InChI=1S/C11H14N4O3/c1-11(2,3)17-10(16)15-5-7(13-6-15)8-4-9(12)14-18-8/h4-6H,1-3H3,(H2,12,14). The number of anilines is 1. The molecule has 0 radical (unpaired) electrons. The molecule has 2 aromatic rings. The molecule has 7 heteroatoms. The molecule has 0 unspecified atom stereocenters. The topological polar surface area (TPSA) is 96.2 Å². The summed E-state index contributed by atoms with van der Waals surface area (Å²) in [6, 6.07) is 1.53. The van der Waals surface area contributed by atoms with E-state index in [9.17, 15) is 4.79 Å². The largest absolute Gasteiger partial charge is 0.443 e. The van der Waals surface area contributed by atoms with Gasteiger partial charge in [0.05, 0.1) is 0 Å². The van der Waals surface area contributed by atoms with Crippen LogP contribution in [-0.4, -0.2) is 26.4 Å². The van der Waals surface area contributed by atoms with Crippen molar-refractivity contribution in [2.24, 2.45) is 0 Å². The molecule has 0 saturated heterocycles. The number of imidazole rings is 1. The Labute approximate surface area is 104 Å². The van der Waals surface area contributed by atoms with Crippen LogP contribution < -0.4 is 5.73 Å². The summed E-state index contributed by atoms with van der Waals surface area (Å²) in [5, 5.41) is 3.54. The first-order chi connectivity index (χ1) is 8.35. The molecule has 0 aromatic carbocycles. The maximum Gasteiger partial charge on any atom is 0.419 e. The Morgan fingerprint density at radius 2 is 2.22 bits per heavy atom. The fourth-order valence-corrected chi connectivity index (χ4v) is 1.27. The first-order valence-corrected chi connectivity index (χ1v) is 5.35. The SMILES string of the molecule is CC(C)(C)OC(=O)n1cnc(-c2cc(N)no2)c1. The Kier molecular flexibility index (Phi) is 2.82. The van der Waals surface area contributed by atoms with Crippen LogP contribution in [-0.2, 0) is 4.74 Å². The quantitative estimate of drug-likeness (QED) is 0.830. The average molecular weight is 250 g/mol. The van der Waals surface area contributed by atoms with Gasteiger partial charge in [-0.2, -0.15) is 0 Å². The van der Waals surface area contributed by atoms with Crippen LogP contribution in [0.4, 0.5) is 10.6 Å². The lowest BCUT2D eigenvalue weighted by atomic mass is 10.2. The van der Waals surface area contributed by atoms with Crippen LogP contribution in [0, 0.1) is 0 Å². The Balaban J connectivity index is 2.18. The lowest BCUT2D eigenvalue weighted by Crippen LogP contribution is -2.26. The van der Waals surface area contributed by atoms with Gasteiger partial charge in [0.25, 0.3) is 0 Å². The zero-order chi connectivity index (χ0) is 13.3. The Hall–Kier alpha value is -2.31. The predicted octanol–water partition coefficient (Wildman–Crippen LogP) is 1.90. The second kappa shape index (κ2) is 4.17. The highest BCUT2D eigenvalue weighted by Gasteiger charge is 2.19. The molecule has 18 heavy (non-hydrogen) atoms. The molecule has 2 heterocycles. The molecule has 2 rings (SSSR count). The highest BCUT2D eigenvalue weighted by molar-refractivity contribution is 5.72. The summed E-state index contributed by atoms with van der Waals surface area (Å²) in [7, 11) is 0.